The third-order valence-corrected chi connectivity index (χ3v) is 3.85. The lowest BCUT2D eigenvalue weighted by Crippen LogP contribution is -2.16. The highest BCUT2D eigenvalue weighted by molar-refractivity contribution is 7.10. The van der Waals surface area contributed by atoms with Gasteiger partial charge in [-0.05, 0) is 43.1 Å². The van der Waals surface area contributed by atoms with Crippen LogP contribution in [-0.2, 0) is 6.42 Å². The summed E-state index contributed by atoms with van der Waals surface area (Å²) < 4.78 is 5.81. The molecule has 0 aliphatic carbocycles. The Balaban J connectivity index is 2.32. The van der Waals surface area contributed by atoms with Gasteiger partial charge in [0.2, 0.25) is 0 Å². The second-order valence-electron chi connectivity index (χ2n) is 3.85. The van der Waals surface area contributed by atoms with Crippen molar-refractivity contribution in [3.63, 3.8) is 0 Å². The van der Waals surface area contributed by atoms with Gasteiger partial charge in [0.1, 0.15) is 17.6 Å². The number of hydrogen-bond acceptors (Lipinski definition) is 3. The number of hydrogen-bond donors (Lipinski definition) is 1. The third-order valence-electron chi connectivity index (χ3n) is 2.77. The fourth-order valence-corrected chi connectivity index (χ4v) is 2.87. The Hall–Kier alpha value is -1.06. The molecule has 2 aromatic rings. The summed E-state index contributed by atoms with van der Waals surface area (Å²) >= 11 is 1.77. The zero-order valence-electron chi connectivity index (χ0n) is 9.91. The molecule has 0 aliphatic rings. The van der Waals surface area contributed by atoms with E-state index in [0.29, 0.717) is 0 Å². The third kappa shape index (κ3) is 2.06. The lowest BCUT2D eigenvalue weighted by Gasteiger charge is -2.13. The lowest BCUT2D eigenvalue weighted by atomic mass is 10.1. The molecule has 0 aliphatic heterocycles. The minimum atomic E-state index is 0.181. The molecule has 0 spiro atoms. The molecule has 0 saturated heterocycles. The lowest BCUT2D eigenvalue weighted by molar-refractivity contribution is 0.435. The van der Waals surface area contributed by atoms with E-state index in [1.807, 2.05) is 7.05 Å². The van der Waals surface area contributed by atoms with E-state index in [1.165, 1.54) is 10.4 Å². The van der Waals surface area contributed by atoms with E-state index >= 15 is 0 Å². The zero-order chi connectivity index (χ0) is 11.5. The number of aryl methyl sites for hydroxylation is 2. The summed E-state index contributed by atoms with van der Waals surface area (Å²) in [5.41, 5.74) is 1.32. The van der Waals surface area contributed by atoms with Gasteiger partial charge in [-0.1, -0.05) is 6.92 Å². The van der Waals surface area contributed by atoms with E-state index in [2.05, 4.69) is 42.7 Å². The highest BCUT2D eigenvalue weighted by Crippen LogP contribution is 2.30. The second-order valence-corrected chi connectivity index (χ2v) is 4.79. The summed E-state index contributed by atoms with van der Waals surface area (Å²) in [7, 11) is 1.97. The van der Waals surface area contributed by atoms with Crippen molar-refractivity contribution in [2.24, 2.45) is 0 Å². The topological polar surface area (TPSA) is 25.2 Å². The van der Waals surface area contributed by atoms with Crippen LogP contribution in [-0.4, -0.2) is 7.05 Å². The van der Waals surface area contributed by atoms with Crippen LogP contribution in [0.3, 0.4) is 0 Å². The molecule has 3 heteroatoms. The van der Waals surface area contributed by atoms with Gasteiger partial charge in [-0.3, -0.25) is 0 Å². The Bertz CT molecular complexity index is 458. The van der Waals surface area contributed by atoms with Crippen LogP contribution in [0.4, 0.5) is 0 Å². The maximum absolute atomic E-state index is 5.81. The van der Waals surface area contributed by atoms with Crippen molar-refractivity contribution in [2.75, 3.05) is 7.05 Å². The summed E-state index contributed by atoms with van der Waals surface area (Å²) in [5.74, 6) is 2.05. The van der Waals surface area contributed by atoms with Crippen LogP contribution in [0.2, 0.25) is 0 Å². The second kappa shape index (κ2) is 4.85. The average Bonchev–Trinajstić information content (AvgIpc) is 2.90. The van der Waals surface area contributed by atoms with Crippen LogP contribution in [0, 0.1) is 6.92 Å². The van der Waals surface area contributed by atoms with Crippen LogP contribution >= 0.6 is 11.3 Å². The molecule has 1 atom stereocenters. The van der Waals surface area contributed by atoms with Crippen molar-refractivity contribution in [2.45, 2.75) is 26.3 Å². The molecule has 0 amide bonds. The Kier molecular flexibility index (Phi) is 3.46. The number of furan rings is 1. The molecule has 0 bridgehead atoms. The van der Waals surface area contributed by atoms with E-state index < -0.39 is 0 Å². The molecule has 1 N–H and O–H groups in total. The molecule has 2 rings (SSSR count). The van der Waals surface area contributed by atoms with Crippen LogP contribution in [0.15, 0.2) is 28.0 Å². The number of nitrogens with one attached hydrogen (secondary N) is 1. The highest BCUT2D eigenvalue weighted by atomic mass is 32.1. The van der Waals surface area contributed by atoms with Crippen molar-refractivity contribution < 1.29 is 4.42 Å². The first kappa shape index (κ1) is 11.4. The molecule has 0 aromatic carbocycles. The first-order valence-electron chi connectivity index (χ1n) is 5.56. The van der Waals surface area contributed by atoms with Crippen molar-refractivity contribution >= 4 is 11.3 Å². The Labute approximate surface area is 100 Å². The van der Waals surface area contributed by atoms with Crippen molar-refractivity contribution in [3.05, 3.63) is 45.5 Å². The SMILES string of the molecule is CCc1ccc(C(NC)c2sccc2C)o1. The van der Waals surface area contributed by atoms with Gasteiger partial charge in [-0.25, -0.2) is 0 Å². The smallest absolute Gasteiger partial charge is 0.126 e. The minimum Gasteiger partial charge on any atom is -0.464 e. The largest absolute Gasteiger partial charge is 0.464 e. The van der Waals surface area contributed by atoms with E-state index in [0.717, 1.165) is 17.9 Å². The molecule has 0 fully saturated rings. The van der Waals surface area contributed by atoms with E-state index in [9.17, 15) is 0 Å². The Morgan fingerprint density at radius 1 is 1.38 bits per heavy atom. The van der Waals surface area contributed by atoms with Gasteiger partial charge in [0.15, 0.2) is 0 Å². The van der Waals surface area contributed by atoms with Crippen LogP contribution in [0.5, 0.6) is 0 Å². The standard InChI is InChI=1S/C13H17NOS/c1-4-10-5-6-11(15-10)12(14-3)13-9(2)7-8-16-13/h5-8,12,14H,4H2,1-3H3. The molecule has 16 heavy (non-hydrogen) atoms. The summed E-state index contributed by atoms with van der Waals surface area (Å²) in [6.07, 6.45) is 0.944. The Morgan fingerprint density at radius 2 is 2.19 bits per heavy atom. The van der Waals surface area contributed by atoms with Gasteiger partial charge in [0.05, 0.1) is 0 Å². The summed E-state index contributed by atoms with van der Waals surface area (Å²) in [6, 6.07) is 6.45. The van der Waals surface area contributed by atoms with E-state index in [1.54, 1.807) is 11.3 Å². The van der Waals surface area contributed by atoms with Crippen molar-refractivity contribution in [1.29, 1.82) is 0 Å². The first-order chi connectivity index (χ1) is 7.76. The maximum Gasteiger partial charge on any atom is 0.126 e. The molecule has 2 aromatic heterocycles. The molecular formula is C13H17NOS. The number of thiophene rings is 1. The molecule has 0 radical (unpaired) electrons. The molecule has 2 nitrogen and oxygen atoms in total. The van der Waals surface area contributed by atoms with Crippen LogP contribution in [0.25, 0.3) is 0 Å². The molecular weight excluding hydrogens is 218 g/mol. The fourth-order valence-electron chi connectivity index (χ4n) is 1.82. The van der Waals surface area contributed by atoms with Gasteiger partial charge in [0.25, 0.3) is 0 Å². The molecule has 2 heterocycles. The van der Waals surface area contributed by atoms with E-state index in [4.69, 9.17) is 4.42 Å². The highest BCUT2D eigenvalue weighted by Gasteiger charge is 2.18. The van der Waals surface area contributed by atoms with Gasteiger partial charge in [0, 0.05) is 11.3 Å². The molecule has 1 unspecified atom stereocenters. The van der Waals surface area contributed by atoms with Gasteiger partial charge < -0.3 is 9.73 Å². The van der Waals surface area contributed by atoms with Crippen molar-refractivity contribution in [3.8, 4) is 0 Å². The maximum atomic E-state index is 5.81. The fraction of sp³-hybridized carbons (Fsp3) is 0.385. The van der Waals surface area contributed by atoms with Crippen LogP contribution < -0.4 is 5.32 Å². The molecule has 0 saturated carbocycles. The van der Waals surface area contributed by atoms with Gasteiger partial charge in [-0.2, -0.15) is 0 Å². The Morgan fingerprint density at radius 3 is 2.69 bits per heavy atom. The van der Waals surface area contributed by atoms with Gasteiger partial charge >= 0.3 is 0 Å². The van der Waals surface area contributed by atoms with Crippen molar-refractivity contribution in [1.82, 2.24) is 5.32 Å². The minimum absolute atomic E-state index is 0.181. The normalized spacial score (nSPS) is 12.9. The van der Waals surface area contributed by atoms with Gasteiger partial charge in [-0.15, -0.1) is 11.3 Å². The summed E-state index contributed by atoms with van der Waals surface area (Å²) in [4.78, 5) is 1.33. The predicted molar refractivity (Wildman–Crippen MR) is 68.0 cm³/mol. The average molecular weight is 235 g/mol. The quantitative estimate of drug-likeness (QED) is 0.877. The van der Waals surface area contributed by atoms with E-state index in [-0.39, 0.29) is 6.04 Å². The molecule has 86 valence electrons. The monoisotopic (exact) mass is 235 g/mol. The summed E-state index contributed by atoms with van der Waals surface area (Å²) in [6.45, 7) is 4.24. The predicted octanol–water partition coefficient (Wildman–Crippen LogP) is 3.52. The number of rotatable bonds is 4. The van der Waals surface area contributed by atoms with Crippen LogP contribution in [0.1, 0.15) is 34.9 Å². The summed E-state index contributed by atoms with van der Waals surface area (Å²) in [5, 5.41) is 5.44. The zero-order valence-corrected chi connectivity index (χ0v) is 10.7. The first-order valence-corrected chi connectivity index (χ1v) is 6.44.